The highest BCUT2D eigenvalue weighted by Crippen LogP contribution is 2.32. The highest BCUT2D eigenvalue weighted by atomic mass is 16.5. The fraction of sp³-hybridized carbons (Fsp3) is 0.312. The normalized spacial score (nSPS) is 17.1. The third-order valence-electron chi connectivity index (χ3n) is 3.73. The van der Waals surface area contributed by atoms with Gasteiger partial charge in [-0.15, -0.1) is 0 Å². The van der Waals surface area contributed by atoms with Gasteiger partial charge in [-0.05, 0) is 18.6 Å². The highest BCUT2D eigenvalue weighted by Gasteiger charge is 2.35. The predicted molar refractivity (Wildman–Crippen MR) is 81.0 cm³/mol. The van der Waals surface area contributed by atoms with Gasteiger partial charge in [0.1, 0.15) is 18.9 Å². The van der Waals surface area contributed by atoms with Crippen molar-refractivity contribution < 1.29 is 19.4 Å². The molecule has 7 nitrogen and oxygen atoms in total. The fourth-order valence-corrected chi connectivity index (χ4v) is 2.71. The number of carbonyl (C=O) groups is 2. The van der Waals surface area contributed by atoms with E-state index in [1.165, 1.54) is 9.58 Å². The molecule has 0 spiro atoms. The van der Waals surface area contributed by atoms with Gasteiger partial charge in [-0.1, -0.05) is 18.2 Å². The zero-order valence-corrected chi connectivity index (χ0v) is 12.7. The Hall–Kier alpha value is -2.83. The molecule has 0 saturated carbocycles. The van der Waals surface area contributed by atoms with Crippen LogP contribution in [0.3, 0.4) is 0 Å². The number of amides is 1. The number of aliphatic carboxylic acids is 1. The van der Waals surface area contributed by atoms with Crippen molar-refractivity contribution in [3.63, 3.8) is 0 Å². The lowest BCUT2D eigenvalue weighted by Crippen LogP contribution is -2.41. The van der Waals surface area contributed by atoms with E-state index < -0.39 is 12.0 Å². The second-order valence-electron chi connectivity index (χ2n) is 5.43. The molecule has 120 valence electrons. The van der Waals surface area contributed by atoms with Crippen molar-refractivity contribution in [1.82, 2.24) is 14.7 Å². The van der Waals surface area contributed by atoms with Crippen LogP contribution in [0.2, 0.25) is 0 Å². The Labute approximate surface area is 133 Å². The first-order valence-corrected chi connectivity index (χ1v) is 7.29. The van der Waals surface area contributed by atoms with E-state index in [4.69, 9.17) is 4.74 Å². The molecule has 1 aliphatic heterocycles. The van der Waals surface area contributed by atoms with Crippen molar-refractivity contribution in [3.8, 4) is 5.75 Å². The average molecular weight is 315 g/mol. The lowest BCUT2D eigenvalue weighted by Gasteiger charge is -2.26. The minimum Gasteiger partial charge on any atom is -0.491 e. The number of carbonyl (C=O) groups excluding carboxylic acids is 1. The van der Waals surface area contributed by atoms with Crippen LogP contribution in [0, 0.1) is 6.92 Å². The second-order valence-corrected chi connectivity index (χ2v) is 5.43. The topological polar surface area (TPSA) is 84.7 Å². The largest absolute Gasteiger partial charge is 0.491 e. The summed E-state index contributed by atoms with van der Waals surface area (Å²) >= 11 is 0. The van der Waals surface area contributed by atoms with Crippen LogP contribution in [0.15, 0.2) is 36.7 Å². The molecular formula is C16H17N3O4. The Kier molecular flexibility index (Phi) is 4.01. The van der Waals surface area contributed by atoms with Crippen LogP contribution in [0.4, 0.5) is 0 Å². The number of benzene rings is 1. The van der Waals surface area contributed by atoms with Crippen LogP contribution in [0.25, 0.3) is 0 Å². The van der Waals surface area contributed by atoms with Gasteiger partial charge >= 0.3 is 5.97 Å². The lowest BCUT2D eigenvalue weighted by atomic mass is 10.0. The number of carboxylic acid groups (broad SMARTS) is 1. The first-order chi connectivity index (χ1) is 11.1. The van der Waals surface area contributed by atoms with Crippen LogP contribution in [-0.2, 0) is 16.1 Å². The number of rotatable bonds is 3. The van der Waals surface area contributed by atoms with Gasteiger partial charge in [-0.3, -0.25) is 9.48 Å². The number of fused-ring (bicyclic) bond motifs is 1. The standard InChI is InChI=1S/C16H17N3O4/c1-11-8-17-18(9-11)10-14(20)19-6-7-23-13-5-3-2-4-12(13)15(19)16(21)22/h2-5,8-9,15H,6-7,10H2,1H3,(H,21,22). The van der Waals surface area contributed by atoms with E-state index in [2.05, 4.69) is 5.10 Å². The van der Waals surface area contributed by atoms with Crippen molar-refractivity contribution in [3.05, 3.63) is 47.8 Å². The fourth-order valence-electron chi connectivity index (χ4n) is 2.71. The molecule has 1 atom stereocenters. The monoisotopic (exact) mass is 315 g/mol. The summed E-state index contributed by atoms with van der Waals surface area (Å²) in [5, 5.41) is 13.7. The Morgan fingerprint density at radius 3 is 2.87 bits per heavy atom. The van der Waals surface area contributed by atoms with Gasteiger partial charge < -0.3 is 14.7 Å². The summed E-state index contributed by atoms with van der Waals surface area (Å²) in [7, 11) is 0. The van der Waals surface area contributed by atoms with E-state index in [1.54, 1.807) is 36.7 Å². The summed E-state index contributed by atoms with van der Waals surface area (Å²) < 4.78 is 7.09. The predicted octanol–water partition coefficient (Wildman–Crippen LogP) is 1.24. The third kappa shape index (κ3) is 3.03. The Bertz CT molecular complexity index is 740. The zero-order chi connectivity index (χ0) is 16.4. The Balaban J connectivity index is 1.90. The van der Waals surface area contributed by atoms with Gasteiger partial charge in [0.15, 0.2) is 6.04 Å². The van der Waals surface area contributed by atoms with E-state index in [0.29, 0.717) is 11.3 Å². The molecule has 3 rings (SSSR count). The molecule has 7 heteroatoms. The van der Waals surface area contributed by atoms with Crippen LogP contribution >= 0.6 is 0 Å². The minimum absolute atomic E-state index is 0.000211. The van der Waals surface area contributed by atoms with Gasteiger partial charge in [0.25, 0.3) is 0 Å². The molecule has 0 aliphatic carbocycles. The minimum atomic E-state index is -1.08. The first kappa shape index (κ1) is 15.1. The summed E-state index contributed by atoms with van der Waals surface area (Å²) in [6, 6.07) is 5.86. The van der Waals surface area contributed by atoms with Crippen LogP contribution in [0.5, 0.6) is 5.75 Å². The van der Waals surface area contributed by atoms with E-state index in [1.807, 2.05) is 6.92 Å². The number of ether oxygens (including phenoxy) is 1. The molecule has 0 fully saturated rings. The van der Waals surface area contributed by atoms with Gasteiger partial charge in [0, 0.05) is 11.8 Å². The molecule has 1 N–H and O–H groups in total. The van der Waals surface area contributed by atoms with Crippen LogP contribution < -0.4 is 4.74 Å². The lowest BCUT2D eigenvalue weighted by molar-refractivity contribution is -0.150. The maximum atomic E-state index is 12.6. The maximum Gasteiger partial charge on any atom is 0.331 e. The smallest absolute Gasteiger partial charge is 0.331 e. The Morgan fingerprint density at radius 1 is 1.39 bits per heavy atom. The van der Waals surface area contributed by atoms with Crippen molar-refractivity contribution in [2.24, 2.45) is 0 Å². The molecule has 1 aliphatic rings. The summed E-state index contributed by atoms with van der Waals surface area (Å²) in [6.45, 7) is 2.35. The van der Waals surface area contributed by atoms with Crippen LogP contribution in [-0.4, -0.2) is 44.8 Å². The molecule has 1 aromatic heterocycles. The SMILES string of the molecule is Cc1cnn(CC(=O)N2CCOc3ccccc3C2C(=O)O)c1. The van der Waals surface area contributed by atoms with Gasteiger partial charge in [0.05, 0.1) is 12.7 Å². The summed E-state index contributed by atoms with van der Waals surface area (Å²) in [5.41, 5.74) is 1.43. The number of carboxylic acids is 1. The number of para-hydroxylation sites is 1. The number of aryl methyl sites for hydroxylation is 1. The third-order valence-corrected chi connectivity index (χ3v) is 3.73. The second kappa shape index (κ2) is 6.12. The molecular weight excluding hydrogens is 298 g/mol. The molecule has 2 aromatic rings. The molecule has 0 bridgehead atoms. The molecule has 1 unspecified atom stereocenters. The van der Waals surface area contributed by atoms with E-state index in [0.717, 1.165) is 5.56 Å². The molecule has 2 heterocycles. The molecule has 23 heavy (non-hydrogen) atoms. The van der Waals surface area contributed by atoms with E-state index >= 15 is 0 Å². The van der Waals surface area contributed by atoms with E-state index in [-0.39, 0.29) is 25.6 Å². The van der Waals surface area contributed by atoms with E-state index in [9.17, 15) is 14.7 Å². The van der Waals surface area contributed by atoms with Gasteiger partial charge in [-0.2, -0.15) is 5.10 Å². The number of aromatic nitrogens is 2. The number of hydrogen-bond acceptors (Lipinski definition) is 4. The van der Waals surface area contributed by atoms with Gasteiger partial charge in [0.2, 0.25) is 5.91 Å². The number of nitrogens with zero attached hydrogens (tertiary/aromatic N) is 3. The zero-order valence-electron chi connectivity index (χ0n) is 12.7. The van der Waals surface area contributed by atoms with Crippen molar-refractivity contribution in [2.75, 3.05) is 13.2 Å². The quantitative estimate of drug-likeness (QED) is 0.921. The van der Waals surface area contributed by atoms with Gasteiger partial charge in [-0.25, -0.2) is 4.79 Å². The Morgan fingerprint density at radius 2 is 2.17 bits per heavy atom. The maximum absolute atomic E-state index is 12.6. The van der Waals surface area contributed by atoms with Crippen molar-refractivity contribution >= 4 is 11.9 Å². The summed E-state index contributed by atoms with van der Waals surface area (Å²) in [5.74, 6) is -0.876. The molecule has 1 aromatic carbocycles. The summed E-state index contributed by atoms with van der Waals surface area (Å²) in [6.07, 6.45) is 3.40. The first-order valence-electron chi connectivity index (χ1n) is 7.29. The highest BCUT2D eigenvalue weighted by molar-refractivity contribution is 5.85. The average Bonchev–Trinajstić information content (AvgIpc) is 2.82. The molecule has 1 amide bonds. The molecule has 0 radical (unpaired) electrons. The number of hydrogen-bond donors (Lipinski definition) is 1. The van der Waals surface area contributed by atoms with Crippen molar-refractivity contribution in [1.29, 1.82) is 0 Å². The molecule has 0 saturated heterocycles. The van der Waals surface area contributed by atoms with Crippen LogP contribution in [0.1, 0.15) is 17.2 Å². The summed E-state index contributed by atoms with van der Waals surface area (Å²) in [4.78, 5) is 25.7. The van der Waals surface area contributed by atoms with Crippen molar-refractivity contribution in [2.45, 2.75) is 19.5 Å².